The molecule has 1 aromatic carbocycles. The van der Waals surface area contributed by atoms with E-state index in [1.165, 1.54) is 0 Å². The van der Waals surface area contributed by atoms with Crippen molar-refractivity contribution >= 4 is 27.5 Å². The average Bonchev–Trinajstić information content (AvgIpc) is 2.33. The smallest absolute Gasteiger partial charge is 0.159 e. The SMILES string of the molecule is NCc1cnc(-c2ccc(Cl)c(Br)c2)nc1. The first kappa shape index (κ1) is 11.5. The van der Waals surface area contributed by atoms with Gasteiger partial charge in [0.05, 0.1) is 5.02 Å². The molecule has 2 aromatic rings. The van der Waals surface area contributed by atoms with E-state index in [2.05, 4.69) is 25.9 Å². The van der Waals surface area contributed by atoms with Crippen molar-refractivity contribution in [2.45, 2.75) is 6.54 Å². The second-order valence-corrected chi connectivity index (χ2v) is 4.51. The first-order valence-corrected chi connectivity index (χ1v) is 5.84. The number of hydrogen-bond donors (Lipinski definition) is 1. The van der Waals surface area contributed by atoms with Gasteiger partial charge in [0.1, 0.15) is 0 Å². The molecule has 0 aliphatic carbocycles. The zero-order chi connectivity index (χ0) is 11.5. The van der Waals surface area contributed by atoms with Crippen LogP contribution in [0, 0.1) is 0 Å². The van der Waals surface area contributed by atoms with E-state index in [4.69, 9.17) is 17.3 Å². The molecule has 1 aromatic heterocycles. The minimum Gasteiger partial charge on any atom is -0.326 e. The lowest BCUT2D eigenvalue weighted by molar-refractivity contribution is 1.01. The lowest BCUT2D eigenvalue weighted by Crippen LogP contribution is -1.99. The van der Waals surface area contributed by atoms with Crippen molar-refractivity contribution in [3.8, 4) is 11.4 Å². The maximum absolute atomic E-state index is 5.91. The number of rotatable bonds is 2. The van der Waals surface area contributed by atoms with Gasteiger partial charge in [-0.3, -0.25) is 0 Å². The lowest BCUT2D eigenvalue weighted by Gasteiger charge is -2.02. The van der Waals surface area contributed by atoms with Crippen molar-refractivity contribution in [1.82, 2.24) is 9.97 Å². The van der Waals surface area contributed by atoms with Crippen LogP contribution in [0.3, 0.4) is 0 Å². The first-order chi connectivity index (χ1) is 7.70. The Balaban J connectivity index is 2.38. The van der Waals surface area contributed by atoms with Crippen molar-refractivity contribution in [3.63, 3.8) is 0 Å². The molecule has 82 valence electrons. The first-order valence-electron chi connectivity index (χ1n) is 4.67. The molecule has 5 heteroatoms. The largest absolute Gasteiger partial charge is 0.326 e. The van der Waals surface area contributed by atoms with Crippen LogP contribution in [0.1, 0.15) is 5.56 Å². The van der Waals surface area contributed by atoms with Crippen LogP contribution >= 0.6 is 27.5 Å². The molecule has 0 aliphatic rings. The Kier molecular flexibility index (Phi) is 3.53. The van der Waals surface area contributed by atoms with Gasteiger partial charge in [-0.2, -0.15) is 0 Å². The van der Waals surface area contributed by atoms with Gasteiger partial charge in [-0.1, -0.05) is 11.6 Å². The Hall–Kier alpha value is -0.970. The molecule has 16 heavy (non-hydrogen) atoms. The Morgan fingerprint density at radius 3 is 2.50 bits per heavy atom. The van der Waals surface area contributed by atoms with E-state index in [0.29, 0.717) is 17.4 Å². The fraction of sp³-hybridized carbons (Fsp3) is 0.0909. The molecule has 0 atom stereocenters. The van der Waals surface area contributed by atoms with Gasteiger partial charge in [0, 0.05) is 34.5 Å². The number of aromatic nitrogens is 2. The zero-order valence-electron chi connectivity index (χ0n) is 8.32. The molecular weight excluding hydrogens is 289 g/mol. The van der Waals surface area contributed by atoms with Crippen molar-refractivity contribution in [3.05, 3.63) is 45.7 Å². The second-order valence-electron chi connectivity index (χ2n) is 3.25. The summed E-state index contributed by atoms with van der Waals surface area (Å²) in [6.45, 7) is 0.449. The Morgan fingerprint density at radius 1 is 1.25 bits per heavy atom. The molecule has 3 nitrogen and oxygen atoms in total. The zero-order valence-corrected chi connectivity index (χ0v) is 10.7. The van der Waals surface area contributed by atoms with Crippen molar-refractivity contribution < 1.29 is 0 Å². The summed E-state index contributed by atoms with van der Waals surface area (Å²) in [5, 5.41) is 0.669. The number of halogens is 2. The van der Waals surface area contributed by atoms with Crippen LogP contribution in [0.15, 0.2) is 35.1 Å². The summed E-state index contributed by atoms with van der Waals surface area (Å²) >= 11 is 9.28. The van der Waals surface area contributed by atoms with Crippen LogP contribution in [0.4, 0.5) is 0 Å². The van der Waals surface area contributed by atoms with Gasteiger partial charge in [-0.05, 0) is 34.1 Å². The molecule has 1 heterocycles. The maximum atomic E-state index is 5.91. The van der Waals surface area contributed by atoms with Gasteiger partial charge < -0.3 is 5.73 Å². The highest BCUT2D eigenvalue weighted by Gasteiger charge is 2.04. The van der Waals surface area contributed by atoms with Gasteiger partial charge >= 0.3 is 0 Å². The van der Waals surface area contributed by atoms with Crippen LogP contribution < -0.4 is 5.73 Å². The molecule has 0 unspecified atom stereocenters. The molecule has 2 rings (SSSR count). The third-order valence-corrected chi connectivity index (χ3v) is 3.33. The van der Waals surface area contributed by atoms with E-state index in [9.17, 15) is 0 Å². The topological polar surface area (TPSA) is 51.8 Å². The minimum atomic E-state index is 0.449. The van der Waals surface area contributed by atoms with E-state index in [1.54, 1.807) is 18.5 Å². The predicted molar refractivity (Wildman–Crippen MR) is 68.1 cm³/mol. The molecule has 0 bridgehead atoms. The molecule has 2 N–H and O–H groups in total. The molecule has 0 spiro atoms. The van der Waals surface area contributed by atoms with Crippen LogP contribution in [0.5, 0.6) is 0 Å². The fourth-order valence-electron chi connectivity index (χ4n) is 1.24. The molecule has 0 saturated heterocycles. The standard InChI is InChI=1S/C11H9BrClN3/c12-9-3-8(1-2-10(9)13)11-15-5-7(4-14)6-16-11/h1-3,5-6H,4,14H2. The number of nitrogens with two attached hydrogens (primary N) is 1. The summed E-state index contributed by atoms with van der Waals surface area (Å²) in [4.78, 5) is 8.47. The minimum absolute atomic E-state index is 0.449. The summed E-state index contributed by atoms with van der Waals surface area (Å²) in [6, 6.07) is 5.57. The van der Waals surface area contributed by atoms with Crippen LogP contribution in [0.2, 0.25) is 5.02 Å². The van der Waals surface area contributed by atoms with E-state index >= 15 is 0 Å². The lowest BCUT2D eigenvalue weighted by atomic mass is 10.2. The normalized spacial score (nSPS) is 10.4. The maximum Gasteiger partial charge on any atom is 0.159 e. The highest BCUT2D eigenvalue weighted by molar-refractivity contribution is 9.10. The Bertz CT molecular complexity index is 499. The fourth-order valence-corrected chi connectivity index (χ4v) is 1.74. The van der Waals surface area contributed by atoms with Crippen molar-refractivity contribution in [1.29, 1.82) is 0 Å². The molecular formula is C11H9BrClN3. The summed E-state index contributed by atoms with van der Waals surface area (Å²) in [5.74, 6) is 0.662. The third-order valence-electron chi connectivity index (χ3n) is 2.12. The molecule has 0 amide bonds. The van der Waals surface area contributed by atoms with Crippen LogP contribution in [0.25, 0.3) is 11.4 Å². The second kappa shape index (κ2) is 4.91. The molecule has 0 saturated carbocycles. The summed E-state index contributed by atoms with van der Waals surface area (Å²) < 4.78 is 0.832. The van der Waals surface area contributed by atoms with Crippen molar-refractivity contribution in [2.24, 2.45) is 5.73 Å². The summed E-state index contributed by atoms with van der Waals surface area (Å²) in [5.41, 5.74) is 7.31. The van der Waals surface area contributed by atoms with E-state index in [0.717, 1.165) is 15.6 Å². The van der Waals surface area contributed by atoms with Crippen molar-refractivity contribution in [2.75, 3.05) is 0 Å². The average molecular weight is 299 g/mol. The van der Waals surface area contributed by atoms with E-state index in [-0.39, 0.29) is 0 Å². The predicted octanol–water partition coefficient (Wildman–Crippen LogP) is 3.02. The highest BCUT2D eigenvalue weighted by atomic mass is 79.9. The van der Waals surface area contributed by atoms with E-state index in [1.807, 2.05) is 12.1 Å². The number of nitrogens with zero attached hydrogens (tertiary/aromatic N) is 2. The van der Waals surface area contributed by atoms with Gasteiger partial charge in [-0.15, -0.1) is 0 Å². The Morgan fingerprint density at radius 2 is 1.94 bits per heavy atom. The summed E-state index contributed by atoms with van der Waals surface area (Å²) in [7, 11) is 0. The molecule has 0 fully saturated rings. The molecule has 0 radical (unpaired) electrons. The number of benzene rings is 1. The van der Waals surface area contributed by atoms with Crippen LogP contribution in [-0.2, 0) is 6.54 Å². The van der Waals surface area contributed by atoms with Gasteiger partial charge in [-0.25, -0.2) is 9.97 Å². The van der Waals surface area contributed by atoms with Crippen LogP contribution in [-0.4, -0.2) is 9.97 Å². The van der Waals surface area contributed by atoms with Gasteiger partial charge in [0.2, 0.25) is 0 Å². The highest BCUT2D eigenvalue weighted by Crippen LogP contribution is 2.26. The van der Waals surface area contributed by atoms with Gasteiger partial charge in [0.25, 0.3) is 0 Å². The summed E-state index contributed by atoms with van der Waals surface area (Å²) in [6.07, 6.45) is 3.45. The van der Waals surface area contributed by atoms with Gasteiger partial charge in [0.15, 0.2) is 5.82 Å². The number of hydrogen-bond acceptors (Lipinski definition) is 3. The monoisotopic (exact) mass is 297 g/mol. The Labute approximate surface area is 107 Å². The quantitative estimate of drug-likeness (QED) is 0.927. The third kappa shape index (κ3) is 2.40. The molecule has 0 aliphatic heterocycles. The van der Waals surface area contributed by atoms with E-state index < -0.39 is 0 Å².